The van der Waals surface area contributed by atoms with Gasteiger partial charge in [0.05, 0.1) is 5.41 Å². The molecule has 0 aromatic heterocycles. The van der Waals surface area contributed by atoms with Gasteiger partial charge in [-0.1, -0.05) is 73.8 Å². The van der Waals surface area contributed by atoms with Crippen LogP contribution in [0.5, 0.6) is 0 Å². The normalized spacial score (nSPS) is 48.0. The summed E-state index contributed by atoms with van der Waals surface area (Å²) in [6.07, 6.45) is 9.07. The summed E-state index contributed by atoms with van der Waals surface area (Å²) >= 11 is 7.80. The van der Waals surface area contributed by atoms with Crippen LogP contribution in [0.25, 0.3) is 6.08 Å². The summed E-state index contributed by atoms with van der Waals surface area (Å²) < 4.78 is 6.79. The zero-order chi connectivity index (χ0) is 20.4. The Labute approximate surface area is 194 Å². The Kier molecular flexibility index (Phi) is 3.69. The fourth-order valence-electron chi connectivity index (χ4n) is 7.99. The highest BCUT2D eigenvalue weighted by Crippen LogP contribution is 2.77. The van der Waals surface area contributed by atoms with Gasteiger partial charge in [-0.3, -0.25) is 4.79 Å². The number of Topliss-reactive ketones (excluding diaryl/α,β-unsaturated/α-hetero) is 1. The quantitative estimate of drug-likeness (QED) is 0.451. The van der Waals surface area contributed by atoms with E-state index in [0.29, 0.717) is 34.3 Å². The van der Waals surface area contributed by atoms with Crippen molar-refractivity contribution in [2.75, 3.05) is 5.33 Å². The van der Waals surface area contributed by atoms with Crippen molar-refractivity contribution < 1.29 is 9.53 Å². The van der Waals surface area contributed by atoms with Crippen molar-refractivity contribution >= 4 is 43.7 Å². The molecule has 2 nitrogen and oxygen atoms in total. The van der Waals surface area contributed by atoms with Crippen LogP contribution in [0.3, 0.4) is 0 Å². The van der Waals surface area contributed by atoms with Crippen LogP contribution >= 0.6 is 31.9 Å². The first-order valence-electron chi connectivity index (χ1n) is 11.1. The Morgan fingerprint density at radius 1 is 1.27 bits per heavy atom. The van der Waals surface area contributed by atoms with Gasteiger partial charge < -0.3 is 4.74 Å². The van der Waals surface area contributed by atoms with Gasteiger partial charge in [0.1, 0.15) is 17.6 Å². The number of alkyl halides is 2. The molecule has 1 heterocycles. The lowest BCUT2D eigenvalue weighted by molar-refractivity contribution is -0.132. The topological polar surface area (TPSA) is 26.3 Å². The SMILES string of the molecule is Cc1ccc(/C=C2/C=CC3OC4=C(CC23)C2C(=O)C3(CBr)C5CC(C(Br)C25)C43)cc1. The predicted octanol–water partition coefficient (Wildman–Crippen LogP) is 5.85. The third-order valence-corrected chi connectivity index (χ3v) is 11.4. The van der Waals surface area contributed by atoms with Crippen LogP contribution in [0.4, 0.5) is 0 Å². The molecule has 6 aliphatic rings. The first kappa shape index (κ1) is 18.4. The van der Waals surface area contributed by atoms with Crippen LogP contribution < -0.4 is 0 Å². The van der Waals surface area contributed by atoms with E-state index in [-0.39, 0.29) is 23.4 Å². The molecule has 9 unspecified atom stereocenters. The Morgan fingerprint density at radius 3 is 2.83 bits per heavy atom. The number of aryl methyl sites for hydroxylation is 1. The third-order valence-electron chi connectivity index (χ3n) is 9.15. The van der Waals surface area contributed by atoms with Crippen LogP contribution in [0.1, 0.15) is 24.0 Å². The van der Waals surface area contributed by atoms with Gasteiger partial charge in [0.2, 0.25) is 0 Å². The molecule has 3 fully saturated rings. The average molecular weight is 528 g/mol. The summed E-state index contributed by atoms with van der Waals surface area (Å²) in [6, 6.07) is 8.71. The maximum atomic E-state index is 13.8. The number of ketones is 1. The fraction of sp³-hybridized carbons (Fsp3) is 0.500. The second-order valence-corrected chi connectivity index (χ2v) is 11.8. The molecular weight excluding hydrogens is 504 g/mol. The lowest BCUT2D eigenvalue weighted by Crippen LogP contribution is -2.48. The Bertz CT molecular complexity index is 1070. The molecule has 0 spiro atoms. The molecule has 154 valence electrons. The van der Waals surface area contributed by atoms with E-state index >= 15 is 0 Å². The second kappa shape index (κ2) is 6.01. The van der Waals surface area contributed by atoms with Gasteiger partial charge in [-0.15, -0.1) is 0 Å². The van der Waals surface area contributed by atoms with Crippen LogP contribution in [0.2, 0.25) is 0 Å². The highest BCUT2D eigenvalue weighted by atomic mass is 79.9. The van der Waals surface area contributed by atoms with Crippen LogP contribution in [-0.4, -0.2) is 22.0 Å². The average Bonchev–Trinajstić information content (AvgIpc) is 3.40. The number of benzene rings is 1. The van der Waals surface area contributed by atoms with Gasteiger partial charge >= 0.3 is 0 Å². The van der Waals surface area contributed by atoms with Crippen molar-refractivity contribution in [1.82, 2.24) is 0 Å². The molecule has 1 aromatic rings. The molecule has 30 heavy (non-hydrogen) atoms. The molecular formula is C26H24Br2O2. The molecule has 0 radical (unpaired) electrons. The van der Waals surface area contributed by atoms with Crippen LogP contribution in [-0.2, 0) is 9.53 Å². The Morgan fingerprint density at radius 2 is 2.07 bits per heavy atom. The molecule has 0 amide bonds. The minimum absolute atomic E-state index is 0.0675. The van der Waals surface area contributed by atoms with E-state index in [1.54, 1.807) is 0 Å². The van der Waals surface area contributed by atoms with E-state index in [4.69, 9.17) is 4.74 Å². The summed E-state index contributed by atoms with van der Waals surface area (Å²) in [4.78, 5) is 14.2. The number of hydrogen-bond donors (Lipinski definition) is 0. The summed E-state index contributed by atoms with van der Waals surface area (Å²) in [6.45, 7) is 2.12. The number of halogens is 2. The number of fused-ring (bicyclic) bond motifs is 5. The number of allylic oxidation sites excluding steroid dienone is 3. The molecule has 0 N–H and O–H groups in total. The van der Waals surface area contributed by atoms with Crippen molar-refractivity contribution in [1.29, 1.82) is 0 Å². The molecule has 5 bridgehead atoms. The fourth-order valence-corrected chi connectivity index (χ4v) is 10.2. The molecule has 9 atom stereocenters. The van der Waals surface area contributed by atoms with Crippen LogP contribution in [0.15, 0.2) is 53.3 Å². The maximum absolute atomic E-state index is 13.8. The second-order valence-electron chi connectivity index (χ2n) is 10.2. The lowest BCUT2D eigenvalue weighted by Gasteiger charge is -2.45. The molecule has 7 rings (SSSR count). The number of rotatable bonds is 2. The molecule has 5 aliphatic carbocycles. The van der Waals surface area contributed by atoms with Crippen molar-refractivity contribution in [2.24, 2.45) is 40.9 Å². The highest BCUT2D eigenvalue weighted by Gasteiger charge is 2.79. The van der Waals surface area contributed by atoms with Gasteiger partial charge in [0, 0.05) is 27.9 Å². The predicted molar refractivity (Wildman–Crippen MR) is 124 cm³/mol. The monoisotopic (exact) mass is 526 g/mol. The Hall–Kier alpha value is -1.13. The van der Waals surface area contributed by atoms with Crippen molar-refractivity contribution in [3.63, 3.8) is 0 Å². The zero-order valence-electron chi connectivity index (χ0n) is 16.9. The minimum Gasteiger partial charge on any atom is -0.490 e. The zero-order valence-corrected chi connectivity index (χ0v) is 20.0. The van der Waals surface area contributed by atoms with Gasteiger partial charge in [0.15, 0.2) is 0 Å². The molecule has 4 heteroatoms. The van der Waals surface area contributed by atoms with Gasteiger partial charge in [0.25, 0.3) is 0 Å². The van der Waals surface area contributed by atoms with Crippen molar-refractivity contribution in [3.8, 4) is 0 Å². The van der Waals surface area contributed by atoms with Crippen molar-refractivity contribution in [2.45, 2.75) is 30.7 Å². The largest absolute Gasteiger partial charge is 0.490 e. The summed E-state index contributed by atoms with van der Waals surface area (Å²) in [5, 5.41) is 0.792. The first-order chi connectivity index (χ1) is 14.5. The molecule has 1 aliphatic heterocycles. The van der Waals surface area contributed by atoms with E-state index in [9.17, 15) is 4.79 Å². The van der Waals surface area contributed by atoms with E-state index in [0.717, 1.165) is 11.8 Å². The highest BCUT2D eigenvalue weighted by molar-refractivity contribution is 9.09. The summed E-state index contributed by atoms with van der Waals surface area (Å²) in [5.41, 5.74) is 5.00. The summed E-state index contributed by atoms with van der Waals surface area (Å²) in [7, 11) is 0. The van der Waals surface area contributed by atoms with Gasteiger partial charge in [-0.2, -0.15) is 0 Å². The van der Waals surface area contributed by atoms with Gasteiger partial charge in [-0.05, 0) is 60.3 Å². The smallest absolute Gasteiger partial charge is 0.148 e. The number of carbonyl (C=O) groups is 1. The number of carbonyl (C=O) groups excluding carboxylic acids is 1. The van der Waals surface area contributed by atoms with E-state index in [1.165, 1.54) is 34.5 Å². The van der Waals surface area contributed by atoms with Gasteiger partial charge in [-0.25, -0.2) is 0 Å². The molecule has 0 saturated heterocycles. The summed E-state index contributed by atoms with van der Waals surface area (Å²) in [5.74, 6) is 3.91. The first-order valence-corrected chi connectivity index (χ1v) is 13.2. The number of hydrogen-bond acceptors (Lipinski definition) is 2. The number of ether oxygens (including phenoxy) is 1. The van der Waals surface area contributed by atoms with E-state index < -0.39 is 0 Å². The van der Waals surface area contributed by atoms with Crippen molar-refractivity contribution in [3.05, 3.63) is 64.4 Å². The lowest BCUT2D eigenvalue weighted by atomic mass is 9.64. The van der Waals surface area contributed by atoms with Crippen LogP contribution in [0, 0.1) is 47.8 Å². The third kappa shape index (κ3) is 2.00. The standard InChI is InChI=1S/C26H24Br2O2/c1-12-2-4-13(5-3-12)8-14-6-7-19-15(14)9-16-20-21-18-10-17(23(21)28)22(24(16)30-19)26(18,11-27)25(20)29/h2-8,15,17-23H,9-11H2,1H3/b14-8-. The Balaban J connectivity index is 1.30. The van der Waals surface area contributed by atoms with E-state index in [1.807, 2.05) is 0 Å². The minimum atomic E-state index is -0.209. The molecule has 1 aromatic carbocycles. The molecule has 3 saturated carbocycles. The van der Waals surface area contributed by atoms with E-state index in [2.05, 4.69) is 81.3 Å². The maximum Gasteiger partial charge on any atom is 0.148 e.